The summed E-state index contributed by atoms with van der Waals surface area (Å²) in [6, 6.07) is 9.60. The third-order valence-corrected chi connectivity index (χ3v) is 7.54. The zero-order valence-electron chi connectivity index (χ0n) is 15.0. The number of pyridine rings is 1. The van der Waals surface area contributed by atoms with Crippen molar-refractivity contribution in [2.45, 2.75) is 30.6 Å². The molecule has 1 aliphatic carbocycles. The van der Waals surface area contributed by atoms with Gasteiger partial charge in [0.15, 0.2) is 0 Å². The molecule has 1 aliphatic heterocycles. The number of benzene rings is 1. The molecule has 0 unspecified atom stereocenters. The molecule has 1 aromatic carbocycles. The summed E-state index contributed by atoms with van der Waals surface area (Å²) in [5, 5.41) is 1.08. The number of nitrogens with zero attached hydrogens (tertiary/aromatic N) is 2. The number of hydrogen-bond acceptors (Lipinski definition) is 3. The number of sulfonamides is 1. The van der Waals surface area contributed by atoms with Gasteiger partial charge >= 0.3 is 0 Å². The first kappa shape index (κ1) is 16.7. The highest BCUT2D eigenvalue weighted by molar-refractivity contribution is 7.89. The number of aromatic nitrogens is 2. The van der Waals surface area contributed by atoms with Gasteiger partial charge in [0.2, 0.25) is 10.0 Å². The second kappa shape index (κ2) is 6.32. The van der Waals surface area contributed by atoms with Crippen LogP contribution in [-0.2, 0) is 22.9 Å². The van der Waals surface area contributed by atoms with Crippen LogP contribution in [0.4, 0.5) is 0 Å². The number of rotatable bonds is 3. The fourth-order valence-electron chi connectivity index (χ4n) is 4.19. The lowest BCUT2D eigenvalue weighted by Gasteiger charge is -2.26. The average molecular weight is 379 g/mol. The van der Waals surface area contributed by atoms with E-state index in [1.54, 1.807) is 16.6 Å². The van der Waals surface area contributed by atoms with Crippen molar-refractivity contribution in [3.05, 3.63) is 65.5 Å². The van der Waals surface area contributed by atoms with E-state index < -0.39 is 10.0 Å². The van der Waals surface area contributed by atoms with Gasteiger partial charge in [-0.1, -0.05) is 12.1 Å². The van der Waals surface area contributed by atoms with Gasteiger partial charge in [-0.25, -0.2) is 13.4 Å². The zero-order valence-corrected chi connectivity index (χ0v) is 15.8. The van der Waals surface area contributed by atoms with Crippen LogP contribution in [0.2, 0.25) is 0 Å². The van der Waals surface area contributed by atoms with Crippen molar-refractivity contribution in [3.8, 4) is 0 Å². The SMILES string of the molecule is O=S(=O)(c1ccc2c(c1)CCC2)N1CC=C(c2c[nH]c3ncccc23)CC1. The van der Waals surface area contributed by atoms with Crippen LogP contribution in [0.15, 0.2) is 53.7 Å². The maximum absolute atomic E-state index is 13.1. The molecule has 27 heavy (non-hydrogen) atoms. The van der Waals surface area contributed by atoms with Crippen LogP contribution < -0.4 is 0 Å². The van der Waals surface area contributed by atoms with Crippen LogP contribution in [0.1, 0.15) is 29.5 Å². The predicted octanol–water partition coefficient (Wildman–Crippen LogP) is 3.53. The Morgan fingerprint density at radius 1 is 1.07 bits per heavy atom. The Morgan fingerprint density at radius 3 is 2.81 bits per heavy atom. The van der Waals surface area contributed by atoms with Gasteiger partial charge in [-0.2, -0.15) is 4.31 Å². The molecule has 0 amide bonds. The normalized spacial score (nSPS) is 17.9. The van der Waals surface area contributed by atoms with E-state index in [1.807, 2.05) is 36.5 Å². The maximum atomic E-state index is 13.1. The number of fused-ring (bicyclic) bond motifs is 2. The molecule has 0 bridgehead atoms. The Balaban J connectivity index is 1.42. The predicted molar refractivity (Wildman–Crippen MR) is 106 cm³/mol. The molecule has 5 nitrogen and oxygen atoms in total. The molecule has 1 N–H and O–H groups in total. The Hall–Kier alpha value is -2.44. The summed E-state index contributed by atoms with van der Waals surface area (Å²) in [6.45, 7) is 0.903. The Morgan fingerprint density at radius 2 is 1.96 bits per heavy atom. The van der Waals surface area contributed by atoms with Gasteiger partial charge in [0.05, 0.1) is 4.90 Å². The summed E-state index contributed by atoms with van der Waals surface area (Å²) >= 11 is 0. The fraction of sp³-hybridized carbons (Fsp3) is 0.286. The summed E-state index contributed by atoms with van der Waals surface area (Å²) in [5.74, 6) is 0. The van der Waals surface area contributed by atoms with Crippen LogP contribution in [0.5, 0.6) is 0 Å². The Labute approximate surface area is 158 Å². The third kappa shape index (κ3) is 2.80. The molecule has 0 radical (unpaired) electrons. The molecule has 0 fully saturated rings. The van der Waals surface area contributed by atoms with Crippen molar-refractivity contribution in [1.82, 2.24) is 14.3 Å². The molecule has 0 spiro atoms. The maximum Gasteiger partial charge on any atom is 0.243 e. The van der Waals surface area contributed by atoms with Gasteiger partial charge in [-0.3, -0.25) is 0 Å². The van der Waals surface area contributed by atoms with Gasteiger partial charge in [0, 0.05) is 36.4 Å². The fourth-order valence-corrected chi connectivity index (χ4v) is 5.62. The van der Waals surface area contributed by atoms with Gasteiger partial charge in [-0.15, -0.1) is 0 Å². The van der Waals surface area contributed by atoms with E-state index in [9.17, 15) is 8.42 Å². The van der Waals surface area contributed by atoms with Gasteiger partial charge in [-0.05, 0) is 66.6 Å². The number of hydrogen-bond donors (Lipinski definition) is 1. The summed E-state index contributed by atoms with van der Waals surface area (Å²) in [4.78, 5) is 7.95. The molecule has 2 aliphatic rings. The van der Waals surface area contributed by atoms with Gasteiger partial charge in [0.25, 0.3) is 0 Å². The van der Waals surface area contributed by atoms with Crippen molar-refractivity contribution < 1.29 is 8.42 Å². The molecule has 5 rings (SSSR count). The average Bonchev–Trinajstić information content (AvgIpc) is 3.34. The topological polar surface area (TPSA) is 66.1 Å². The van der Waals surface area contributed by atoms with Crippen molar-refractivity contribution in [2.75, 3.05) is 13.1 Å². The molecule has 0 saturated heterocycles. The lowest BCUT2D eigenvalue weighted by molar-refractivity contribution is 0.441. The van der Waals surface area contributed by atoms with E-state index in [-0.39, 0.29) is 0 Å². The minimum Gasteiger partial charge on any atom is -0.346 e. The van der Waals surface area contributed by atoms with E-state index in [0.29, 0.717) is 24.4 Å². The standard InChI is InChI=1S/C21H21N3O2S/c25-27(26,18-7-6-15-3-1-4-17(15)13-18)24-11-8-16(9-12-24)20-14-23-21-19(20)5-2-10-22-21/h2,5-8,10,13-14H,1,3-4,9,11-12H2,(H,22,23). The zero-order chi connectivity index (χ0) is 18.4. The first-order valence-electron chi connectivity index (χ1n) is 9.36. The molecule has 0 saturated carbocycles. The summed E-state index contributed by atoms with van der Waals surface area (Å²) in [7, 11) is -3.45. The number of aryl methyl sites for hydroxylation is 2. The molecule has 2 aromatic heterocycles. The number of H-pyrrole nitrogens is 1. The van der Waals surface area contributed by atoms with Gasteiger partial charge < -0.3 is 4.98 Å². The highest BCUT2D eigenvalue weighted by atomic mass is 32.2. The third-order valence-electron chi connectivity index (χ3n) is 5.68. The largest absolute Gasteiger partial charge is 0.346 e. The molecule has 6 heteroatoms. The van der Waals surface area contributed by atoms with Crippen molar-refractivity contribution in [2.24, 2.45) is 0 Å². The Kier molecular flexibility index (Phi) is 3.91. The first-order valence-corrected chi connectivity index (χ1v) is 10.8. The monoisotopic (exact) mass is 379 g/mol. The van der Waals surface area contributed by atoms with Crippen LogP contribution >= 0.6 is 0 Å². The second-order valence-corrected chi connectivity index (χ2v) is 9.17. The minimum absolute atomic E-state index is 0.404. The highest BCUT2D eigenvalue weighted by Crippen LogP contribution is 2.31. The Bertz CT molecular complexity index is 1160. The van der Waals surface area contributed by atoms with Crippen LogP contribution in [0.3, 0.4) is 0 Å². The molecular formula is C21H21N3O2S. The van der Waals surface area contributed by atoms with E-state index in [4.69, 9.17) is 0 Å². The van der Waals surface area contributed by atoms with Crippen molar-refractivity contribution >= 4 is 26.6 Å². The van der Waals surface area contributed by atoms with E-state index in [2.05, 4.69) is 9.97 Å². The van der Waals surface area contributed by atoms with Crippen LogP contribution in [0.25, 0.3) is 16.6 Å². The molecular weight excluding hydrogens is 358 g/mol. The van der Waals surface area contributed by atoms with E-state index in [1.165, 1.54) is 16.7 Å². The van der Waals surface area contributed by atoms with Crippen molar-refractivity contribution in [1.29, 1.82) is 0 Å². The lowest BCUT2D eigenvalue weighted by atomic mass is 10.0. The quantitative estimate of drug-likeness (QED) is 0.757. The molecule has 3 heterocycles. The number of aromatic amines is 1. The molecule has 0 atom stereocenters. The van der Waals surface area contributed by atoms with E-state index in [0.717, 1.165) is 35.9 Å². The smallest absolute Gasteiger partial charge is 0.243 e. The van der Waals surface area contributed by atoms with Crippen LogP contribution in [0, 0.1) is 0 Å². The summed E-state index contributed by atoms with van der Waals surface area (Å²) in [6.07, 6.45) is 9.63. The highest BCUT2D eigenvalue weighted by Gasteiger charge is 2.28. The van der Waals surface area contributed by atoms with Crippen LogP contribution in [-0.4, -0.2) is 35.8 Å². The summed E-state index contributed by atoms with van der Waals surface area (Å²) in [5.41, 5.74) is 5.64. The number of nitrogens with one attached hydrogen (secondary N) is 1. The lowest BCUT2D eigenvalue weighted by Crippen LogP contribution is -2.34. The molecule has 138 valence electrons. The molecule has 3 aromatic rings. The summed E-state index contributed by atoms with van der Waals surface area (Å²) < 4.78 is 27.7. The van der Waals surface area contributed by atoms with Crippen molar-refractivity contribution in [3.63, 3.8) is 0 Å². The first-order chi connectivity index (χ1) is 13.1. The van der Waals surface area contributed by atoms with E-state index >= 15 is 0 Å². The minimum atomic E-state index is -3.45. The van der Waals surface area contributed by atoms with Gasteiger partial charge in [0.1, 0.15) is 5.65 Å². The second-order valence-electron chi connectivity index (χ2n) is 7.23.